The molecule has 2 aromatic carbocycles. The molecule has 0 atom stereocenters. The van der Waals surface area contributed by atoms with Gasteiger partial charge in [0.2, 0.25) is 17.8 Å². The fourth-order valence-electron chi connectivity index (χ4n) is 3.85. The summed E-state index contributed by atoms with van der Waals surface area (Å²) in [5.41, 5.74) is 1.67. The molecule has 1 aliphatic rings. The second kappa shape index (κ2) is 9.41. The van der Waals surface area contributed by atoms with E-state index in [4.69, 9.17) is 4.74 Å². The summed E-state index contributed by atoms with van der Waals surface area (Å²) in [5.74, 6) is 0.657. The minimum Gasteiger partial charge on any atom is -0.439 e. The number of anilines is 4. The molecule has 0 radical (unpaired) electrons. The summed E-state index contributed by atoms with van der Waals surface area (Å²) >= 11 is 0. The Hall–Kier alpha value is -4.47. The van der Waals surface area contributed by atoms with E-state index in [1.165, 1.54) is 24.3 Å². The molecule has 4 aromatic rings. The molecule has 0 unspecified atom stereocenters. The average Bonchev–Trinajstić information content (AvgIpc) is 3.29. The van der Waals surface area contributed by atoms with Crippen molar-refractivity contribution in [3.63, 3.8) is 0 Å². The first kappa shape index (κ1) is 22.3. The average molecular weight is 476 g/mol. The zero-order valence-electron chi connectivity index (χ0n) is 18.8. The van der Waals surface area contributed by atoms with E-state index in [-0.39, 0.29) is 17.3 Å². The fourth-order valence-corrected chi connectivity index (χ4v) is 3.85. The summed E-state index contributed by atoms with van der Waals surface area (Å²) < 4.78 is 34.2. The van der Waals surface area contributed by atoms with Gasteiger partial charge < -0.3 is 20.3 Å². The monoisotopic (exact) mass is 476 g/mol. The highest BCUT2D eigenvalue weighted by atomic mass is 19.1. The van der Waals surface area contributed by atoms with E-state index >= 15 is 0 Å². The first-order valence-corrected chi connectivity index (χ1v) is 11.1. The summed E-state index contributed by atoms with van der Waals surface area (Å²) in [7, 11) is 0. The summed E-state index contributed by atoms with van der Waals surface area (Å²) in [6.45, 7) is 3.49. The van der Waals surface area contributed by atoms with Crippen LogP contribution in [0.25, 0.3) is 0 Å². The van der Waals surface area contributed by atoms with Crippen LogP contribution in [-0.2, 0) is 6.54 Å². The molecular formula is C25H22F2N6O2. The number of fused-ring (bicyclic) bond motifs is 1. The largest absolute Gasteiger partial charge is 0.439 e. The molecule has 178 valence electrons. The van der Waals surface area contributed by atoms with Gasteiger partial charge in [-0.3, -0.25) is 9.36 Å². The zero-order valence-corrected chi connectivity index (χ0v) is 18.8. The van der Waals surface area contributed by atoms with Crippen LogP contribution < -0.4 is 25.8 Å². The Kier molecular flexibility index (Phi) is 6.01. The molecule has 0 saturated carbocycles. The van der Waals surface area contributed by atoms with Crippen molar-refractivity contribution in [2.75, 3.05) is 28.7 Å². The van der Waals surface area contributed by atoms with E-state index in [1.54, 1.807) is 42.5 Å². The summed E-state index contributed by atoms with van der Waals surface area (Å²) in [5, 5.41) is 6.48. The SMILES string of the molecule is CCN1CNc2c1c(=O)nc(Nc1ccc(Oc3cccc(F)n3)cc1)n2Cc1ccc(F)cc1. The van der Waals surface area contributed by atoms with Crippen LogP contribution in [0.1, 0.15) is 12.5 Å². The molecule has 2 N–H and O–H groups in total. The molecule has 0 aliphatic carbocycles. The quantitative estimate of drug-likeness (QED) is 0.374. The van der Waals surface area contributed by atoms with Crippen LogP contribution in [0.4, 0.5) is 31.9 Å². The zero-order chi connectivity index (χ0) is 24.4. The standard InChI is InChI=1S/C25H22F2N6O2/c1-2-32-15-28-23-22(32)24(34)31-25(33(23)14-16-6-8-17(26)9-7-16)29-18-10-12-19(13-11-18)35-21-5-3-4-20(27)30-21/h3-13,28H,2,14-15H2,1H3,(H,29,31,34). The maximum atomic E-state index is 13.4. The van der Waals surface area contributed by atoms with Gasteiger partial charge in [-0.05, 0) is 55.0 Å². The van der Waals surface area contributed by atoms with Gasteiger partial charge in [-0.25, -0.2) is 4.39 Å². The lowest BCUT2D eigenvalue weighted by atomic mass is 10.2. The topological polar surface area (TPSA) is 84.3 Å². The van der Waals surface area contributed by atoms with Crippen LogP contribution in [0, 0.1) is 11.8 Å². The maximum Gasteiger partial charge on any atom is 0.300 e. The van der Waals surface area contributed by atoms with Crippen molar-refractivity contribution < 1.29 is 13.5 Å². The number of nitrogens with one attached hydrogen (secondary N) is 2. The van der Waals surface area contributed by atoms with E-state index in [1.807, 2.05) is 16.4 Å². The third-order valence-corrected chi connectivity index (χ3v) is 5.57. The fraction of sp³-hybridized carbons (Fsp3) is 0.160. The van der Waals surface area contributed by atoms with E-state index in [0.29, 0.717) is 48.6 Å². The second-order valence-electron chi connectivity index (χ2n) is 7.89. The number of rotatable bonds is 7. The van der Waals surface area contributed by atoms with Crippen molar-refractivity contribution in [3.8, 4) is 11.6 Å². The lowest BCUT2D eigenvalue weighted by Crippen LogP contribution is -2.27. The van der Waals surface area contributed by atoms with Crippen molar-refractivity contribution >= 4 is 23.1 Å². The van der Waals surface area contributed by atoms with Crippen molar-refractivity contribution in [1.82, 2.24) is 14.5 Å². The Morgan fingerprint density at radius 2 is 1.80 bits per heavy atom. The van der Waals surface area contributed by atoms with Crippen molar-refractivity contribution in [2.24, 2.45) is 0 Å². The number of hydrogen-bond acceptors (Lipinski definition) is 7. The van der Waals surface area contributed by atoms with E-state index in [0.717, 1.165) is 5.56 Å². The predicted octanol–water partition coefficient (Wildman–Crippen LogP) is 4.71. The highest BCUT2D eigenvalue weighted by molar-refractivity contribution is 5.73. The Labute approximate surface area is 199 Å². The highest BCUT2D eigenvalue weighted by Gasteiger charge is 2.26. The molecule has 0 bridgehead atoms. The van der Waals surface area contributed by atoms with Crippen molar-refractivity contribution in [1.29, 1.82) is 0 Å². The van der Waals surface area contributed by atoms with Gasteiger partial charge in [0.1, 0.15) is 23.1 Å². The number of ether oxygens (including phenoxy) is 1. The van der Waals surface area contributed by atoms with Gasteiger partial charge in [0.05, 0.1) is 13.2 Å². The minimum absolute atomic E-state index is 0.144. The predicted molar refractivity (Wildman–Crippen MR) is 130 cm³/mol. The maximum absolute atomic E-state index is 13.4. The Balaban J connectivity index is 1.45. The van der Waals surface area contributed by atoms with Crippen molar-refractivity contribution in [3.05, 3.63) is 94.4 Å². The van der Waals surface area contributed by atoms with Gasteiger partial charge in [0.15, 0.2) is 0 Å². The Morgan fingerprint density at radius 1 is 1.03 bits per heavy atom. The molecule has 0 spiro atoms. The lowest BCUT2D eigenvalue weighted by molar-refractivity contribution is 0.445. The van der Waals surface area contributed by atoms with Crippen molar-refractivity contribution in [2.45, 2.75) is 13.5 Å². The Morgan fingerprint density at radius 3 is 2.51 bits per heavy atom. The Bertz CT molecular complexity index is 1410. The van der Waals surface area contributed by atoms with Gasteiger partial charge in [0, 0.05) is 18.3 Å². The number of hydrogen-bond donors (Lipinski definition) is 2. The number of pyridine rings is 1. The van der Waals surface area contributed by atoms with Gasteiger partial charge in [-0.1, -0.05) is 18.2 Å². The van der Waals surface area contributed by atoms with Gasteiger partial charge in [0.25, 0.3) is 5.56 Å². The molecule has 1 aliphatic heterocycles. The number of nitrogens with zero attached hydrogens (tertiary/aromatic N) is 4. The molecule has 2 aromatic heterocycles. The van der Waals surface area contributed by atoms with Crippen LogP contribution in [0.2, 0.25) is 0 Å². The third kappa shape index (κ3) is 4.77. The number of aromatic nitrogens is 3. The number of halogens is 2. The molecular weight excluding hydrogens is 454 g/mol. The third-order valence-electron chi connectivity index (χ3n) is 5.57. The highest BCUT2D eigenvalue weighted by Crippen LogP contribution is 2.31. The van der Waals surface area contributed by atoms with Gasteiger partial charge in [-0.2, -0.15) is 14.4 Å². The lowest BCUT2D eigenvalue weighted by Gasteiger charge is -2.19. The molecule has 0 amide bonds. The molecule has 8 nitrogen and oxygen atoms in total. The first-order valence-electron chi connectivity index (χ1n) is 11.1. The van der Waals surface area contributed by atoms with E-state index in [9.17, 15) is 13.6 Å². The molecule has 3 heterocycles. The van der Waals surface area contributed by atoms with Crippen LogP contribution in [0.15, 0.2) is 71.5 Å². The molecule has 10 heteroatoms. The molecule has 0 fully saturated rings. The molecule has 0 saturated heterocycles. The number of benzene rings is 2. The summed E-state index contributed by atoms with van der Waals surface area (Å²) in [6, 6.07) is 17.4. The minimum atomic E-state index is -0.627. The van der Waals surface area contributed by atoms with Crippen LogP contribution in [-0.4, -0.2) is 27.7 Å². The first-order chi connectivity index (χ1) is 17.0. The smallest absolute Gasteiger partial charge is 0.300 e. The van der Waals surface area contributed by atoms with E-state index in [2.05, 4.69) is 20.6 Å². The second-order valence-corrected chi connectivity index (χ2v) is 7.89. The van der Waals surface area contributed by atoms with Crippen LogP contribution in [0.3, 0.4) is 0 Å². The van der Waals surface area contributed by atoms with Gasteiger partial charge in [-0.15, -0.1) is 0 Å². The summed E-state index contributed by atoms with van der Waals surface area (Å²) in [6.07, 6.45) is 0. The normalized spacial score (nSPS) is 12.3. The van der Waals surface area contributed by atoms with Gasteiger partial charge >= 0.3 is 0 Å². The summed E-state index contributed by atoms with van der Waals surface area (Å²) in [4.78, 5) is 22.8. The molecule has 35 heavy (non-hydrogen) atoms. The van der Waals surface area contributed by atoms with E-state index < -0.39 is 5.95 Å². The molecule has 5 rings (SSSR count). The van der Waals surface area contributed by atoms with Crippen LogP contribution >= 0.6 is 0 Å². The van der Waals surface area contributed by atoms with Crippen LogP contribution in [0.5, 0.6) is 11.6 Å².